The van der Waals surface area contributed by atoms with Crippen molar-refractivity contribution in [3.8, 4) is 27.4 Å². The Morgan fingerprint density at radius 1 is 0.892 bits per heavy atom. The number of urea groups is 1. The topological polar surface area (TPSA) is 58.6 Å². The fraction of sp³-hybridized carbons (Fsp3) is 0.100. The lowest BCUT2D eigenvalue weighted by molar-refractivity contribution is 0.249. The zero-order valence-electron chi connectivity index (χ0n) is 20.2. The second-order valence-electron chi connectivity index (χ2n) is 8.72. The van der Waals surface area contributed by atoms with Crippen LogP contribution < -0.4 is 14.5 Å². The Balaban J connectivity index is 1.43. The van der Waals surface area contributed by atoms with Crippen LogP contribution in [0.5, 0.6) is 5.75 Å². The molecule has 37 heavy (non-hydrogen) atoms. The average Bonchev–Trinajstić information content (AvgIpc) is 3.45. The monoisotopic (exact) mass is 504 g/mol. The largest absolute Gasteiger partial charge is 0.497 e. The molecule has 0 fully saturated rings. The molecule has 2 aromatic heterocycles. The molecule has 3 aromatic carbocycles. The predicted molar refractivity (Wildman–Crippen MR) is 148 cm³/mol. The molecule has 2 amide bonds. The Kier molecular flexibility index (Phi) is 6.12. The van der Waals surface area contributed by atoms with Gasteiger partial charge in [0.25, 0.3) is 0 Å². The number of methoxy groups -OCH3 is 1. The summed E-state index contributed by atoms with van der Waals surface area (Å²) < 4.78 is 5.32. The zero-order valence-corrected chi connectivity index (χ0v) is 21.1. The Morgan fingerprint density at radius 2 is 1.68 bits per heavy atom. The first-order valence-corrected chi connectivity index (χ1v) is 12.8. The summed E-state index contributed by atoms with van der Waals surface area (Å²) in [7, 11) is 1.65. The number of rotatable bonds is 6. The standard InChI is InChI=1S/C30H24N4O2S/c1-36-24-12-10-21(11-13-24)18-33-27-9-5-8-25(22-6-3-2-4-7-22)26(27)19-34(30(33)35)28-20-37-29(32-28)23-14-16-31-17-15-23/h2-17,20H,18-19H2,1H3. The van der Waals surface area contributed by atoms with Crippen molar-refractivity contribution in [2.75, 3.05) is 16.9 Å². The number of aromatic nitrogens is 2. The molecule has 0 N–H and O–H groups in total. The molecule has 6 nitrogen and oxygen atoms in total. The fourth-order valence-corrected chi connectivity index (χ4v) is 5.43. The van der Waals surface area contributed by atoms with Gasteiger partial charge < -0.3 is 4.74 Å². The Bertz CT molecular complexity index is 1540. The van der Waals surface area contributed by atoms with E-state index in [2.05, 4.69) is 23.2 Å². The van der Waals surface area contributed by atoms with Gasteiger partial charge in [0.15, 0.2) is 0 Å². The summed E-state index contributed by atoms with van der Waals surface area (Å²) in [5.74, 6) is 1.43. The minimum absolute atomic E-state index is 0.0971. The molecule has 0 radical (unpaired) electrons. The molecule has 6 rings (SSSR count). The van der Waals surface area contributed by atoms with Gasteiger partial charge in [-0.25, -0.2) is 9.78 Å². The van der Waals surface area contributed by atoms with Crippen LogP contribution in [0.3, 0.4) is 0 Å². The molecule has 0 spiro atoms. The first-order valence-electron chi connectivity index (χ1n) is 12.0. The number of amides is 2. The van der Waals surface area contributed by atoms with Gasteiger partial charge in [-0.15, -0.1) is 11.3 Å². The zero-order chi connectivity index (χ0) is 25.2. The van der Waals surface area contributed by atoms with E-state index in [9.17, 15) is 4.79 Å². The number of anilines is 2. The van der Waals surface area contributed by atoms with Crippen LogP contribution in [0.25, 0.3) is 21.7 Å². The van der Waals surface area contributed by atoms with Crippen LogP contribution in [-0.2, 0) is 13.1 Å². The Hall–Kier alpha value is -4.49. The Labute approximate surface area is 219 Å². The van der Waals surface area contributed by atoms with Gasteiger partial charge in [0.05, 0.1) is 25.9 Å². The SMILES string of the molecule is COc1ccc(CN2C(=O)N(c3csc(-c4ccncc4)n3)Cc3c(-c4ccccc4)cccc32)cc1. The third kappa shape index (κ3) is 4.45. The van der Waals surface area contributed by atoms with Crippen LogP contribution in [0.15, 0.2) is 103 Å². The van der Waals surface area contributed by atoms with E-state index in [1.807, 2.05) is 77.0 Å². The number of benzene rings is 3. The number of pyridine rings is 1. The third-order valence-electron chi connectivity index (χ3n) is 6.50. The molecule has 0 saturated carbocycles. The van der Waals surface area contributed by atoms with Gasteiger partial charge in [0, 0.05) is 28.9 Å². The van der Waals surface area contributed by atoms with Gasteiger partial charge in [0.1, 0.15) is 16.6 Å². The van der Waals surface area contributed by atoms with E-state index in [-0.39, 0.29) is 6.03 Å². The molecule has 5 aromatic rings. The predicted octanol–water partition coefficient (Wildman–Crippen LogP) is 7.03. The lowest BCUT2D eigenvalue weighted by Crippen LogP contribution is -2.47. The van der Waals surface area contributed by atoms with Crippen LogP contribution in [0.4, 0.5) is 16.3 Å². The van der Waals surface area contributed by atoms with Crippen LogP contribution in [0.2, 0.25) is 0 Å². The number of fused-ring (bicyclic) bond motifs is 1. The maximum Gasteiger partial charge on any atom is 0.330 e. The van der Waals surface area contributed by atoms with Crippen LogP contribution in [0, 0.1) is 0 Å². The van der Waals surface area contributed by atoms with E-state index >= 15 is 0 Å². The first-order chi connectivity index (χ1) is 18.2. The lowest BCUT2D eigenvalue weighted by Gasteiger charge is -2.37. The molecule has 3 heterocycles. The van der Waals surface area contributed by atoms with Gasteiger partial charge in [0.2, 0.25) is 0 Å². The molecule has 0 unspecified atom stereocenters. The first kappa shape index (κ1) is 22.9. The number of carbonyl (C=O) groups excluding carboxylic acids is 1. The second-order valence-corrected chi connectivity index (χ2v) is 9.58. The molecule has 1 aliphatic heterocycles. The number of thiazole rings is 1. The summed E-state index contributed by atoms with van der Waals surface area (Å²) in [4.78, 5) is 26.6. The van der Waals surface area contributed by atoms with Crippen molar-refractivity contribution in [2.24, 2.45) is 0 Å². The summed E-state index contributed by atoms with van der Waals surface area (Å²) in [5, 5.41) is 2.81. The van der Waals surface area contributed by atoms with Gasteiger partial charge in [-0.2, -0.15) is 0 Å². The molecule has 182 valence electrons. The van der Waals surface area contributed by atoms with Crippen molar-refractivity contribution in [3.63, 3.8) is 0 Å². The van der Waals surface area contributed by atoms with E-state index < -0.39 is 0 Å². The van der Waals surface area contributed by atoms with Crippen molar-refractivity contribution in [1.29, 1.82) is 0 Å². The number of nitrogens with zero attached hydrogens (tertiary/aromatic N) is 4. The smallest absolute Gasteiger partial charge is 0.330 e. The molecule has 0 bridgehead atoms. The maximum absolute atomic E-state index is 14.0. The van der Waals surface area contributed by atoms with Crippen molar-refractivity contribution >= 4 is 28.9 Å². The summed E-state index contributed by atoms with van der Waals surface area (Å²) in [6.45, 7) is 0.879. The molecule has 0 aliphatic carbocycles. The summed E-state index contributed by atoms with van der Waals surface area (Å²) in [6.07, 6.45) is 3.50. The van der Waals surface area contributed by atoms with Crippen molar-refractivity contribution < 1.29 is 9.53 Å². The normalized spacial score (nSPS) is 12.9. The van der Waals surface area contributed by atoms with Crippen molar-refractivity contribution in [1.82, 2.24) is 9.97 Å². The van der Waals surface area contributed by atoms with E-state index in [0.717, 1.165) is 44.3 Å². The van der Waals surface area contributed by atoms with Crippen LogP contribution in [-0.4, -0.2) is 23.1 Å². The molecule has 1 aliphatic rings. The second kappa shape index (κ2) is 9.87. The molecule has 0 atom stereocenters. The Morgan fingerprint density at radius 3 is 2.43 bits per heavy atom. The van der Waals surface area contributed by atoms with E-state index in [4.69, 9.17) is 9.72 Å². The van der Waals surface area contributed by atoms with Crippen molar-refractivity contribution in [3.05, 3.63) is 114 Å². The van der Waals surface area contributed by atoms with Gasteiger partial charge in [-0.3, -0.25) is 14.8 Å². The quantitative estimate of drug-likeness (QED) is 0.249. The molecule has 0 saturated heterocycles. The number of carbonyl (C=O) groups is 1. The maximum atomic E-state index is 14.0. The highest BCUT2D eigenvalue weighted by Crippen LogP contribution is 2.39. The van der Waals surface area contributed by atoms with Crippen molar-refractivity contribution in [2.45, 2.75) is 13.1 Å². The molecular weight excluding hydrogens is 480 g/mol. The highest BCUT2D eigenvalue weighted by molar-refractivity contribution is 7.13. The highest BCUT2D eigenvalue weighted by Gasteiger charge is 2.34. The summed E-state index contributed by atoms with van der Waals surface area (Å²) in [6, 6.07) is 28.1. The number of hydrogen-bond acceptors (Lipinski definition) is 5. The summed E-state index contributed by atoms with van der Waals surface area (Å²) in [5.41, 5.74) is 6.25. The summed E-state index contributed by atoms with van der Waals surface area (Å²) >= 11 is 1.52. The van der Waals surface area contributed by atoms with Gasteiger partial charge in [-0.1, -0.05) is 54.6 Å². The van der Waals surface area contributed by atoms with E-state index in [0.29, 0.717) is 18.9 Å². The third-order valence-corrected chi connectivity index (χ3v) is 7.38. The molecule has 7 heteroatoms. The van der Waals surface area contributed by atoms with E-state index in [1.165, 1.54) is 11.3 Å². The number of hydrogen-bond donors (Lipinski definition) is 0. The van der Waals surface area contributed by atoms with Gasteiger partial charge >= 0.3 is 6.03 Å². The highest BCUT2D eigenvalue weighted by atomic mass is 32.1. The minimum Gasteiger partial charge on any atom is -0.497 e. The fourth-order valence-electron chi connectivity index (χ4n) is 4.62. The average molecular weight is 505 g/mol. The van der Waals surface area contributed by atoms with Gasteiger partial charge in [-0.05, 0) is 47.0 Å². The van der Waals surface area contributed by atoms with Crippen LogP contribution in [0.1, 0.15) is 11.1 Å². The minimum atomic E-state index is -0.0971. The number of ether oxygens (including phenoxy) is 1. The lowest BCUT2D eigenvalue weighted by atomic mass is 9.95. The molecular formula is C30H24N4O2S. The van der Waals surface area contributed by atoms with E-state index in [1.54, 1.807) is 24.4 Å². The van der Waals surface area contributed by atoms with Crippen LogP contribution >= 0.6 is 11.3 Å².